The second kappa shape index (κ2) is 8.04. The molecule has 148 valence electrons. The third-order valence-corrected chi connectivity index (χ3v) is 4.94. The Morgan fingerprint density at radius 1 is 1.21 bits per heavy atom. The van der Waals surface area contributed by atoms with Crippen LogP contribution in [0.1, 0.15) is 22.7 Å². The molecule has 0 fully saturated rings. The van der Waals surface area contributed by atoms with E-state index in [0.29, 0.717) is 5.69 Å². The zero-order valence-corrected chi connectivity index (χ0v) is 16.8. The first kappa shape index (κ1) is 19.9. The van der Waals surface area contributed by atoms with Crippen molar-refractivity contribution in [2.45, 2.75) is 13.0 Å². The number of carbonyl (C=O) groups is 1. The number of hydrazine groups is 1. The summed E-state index contributed by atoms with van der Waals surface area (Å²) in [6, 6.07) is 14.8. The van der Waals surface area contributed by atoms with E-state index in [1.165, 1.54) is 12.1 Å². The Morgan fingerprint density at radius 3 is 2.54 bits per heavy atom. The average Bonchev–Trinajstić information content (AvgIpc) is 3.09. The van der Waals surface area contributed by atoms with Crippen molar-refractivity contribution in [1.29, 1.82) is 0 Å². The molecule has 1 aliphatic heterocycles. The van der Waals surface area contributed by atoms with Gasteiger partial charge in [-0.2, -0.15) is 0 Å². The summed E-state index contributed by atoms with van der Waals surface area (Å²) in [6.07, 6.45) is 3.09. The molecule has 0 aromatic heterocycles. The first-order valence-electron chi connectivity index (χ1n) is 8.72. The van der Waals surface area contributed by atoms with Gasteiger partial charge in [0.15, 0.2) is 0 Å². The number of aryl methyl sites for hydroxylation is 1. The van der Waals surface area contributed by atoms with Crippen LogP contribution < -0.4 is 10.1 Å². The van der Waals surface area contributed by atoms with E-state index in [1.807, 2.05) is 55.5 Å². The fourth-order valence-electron chi connectivity index (χ4n) is 3.09. The van der Waals surface area contributed by atoms with Crippen LogP contribution in [0.15, 0.2) is 54.6 Å². The maximum absolute atomic E-state index is 12.6. The third kappa shape index (κ3) is 4.52. The Labute approximate surface area is 165 Å². The normalized spacial score (nSPS) is 16.5. The van der Waals surface area contributed by atoms with Gasteiger partial charge in [-0.05, 0) is 35.8 Å². The van der Waals surface area contributed by atoms with Gasteiger partial charge in [0.25, 0.3) is 5.91 Å². The molecule has 7 nitrogen and oxygen atoms in total. The molecular formula is C20H23N3O4S. The summed E-state index contributed by atoms with van der Waals surface area (Å²) >= 11 is 0. The number of ether oxygens (including phenoxy) is 1. The highest BCUT2D eigenvalue weighted by molar-refractivity contribution is 7.92. The van der Waals surface area contributed by atoms with Crippen LogP contribution in [-0.4, -0.2) is 39.3 Å². The number of anilines is 1. The quantitative estimate of drug-likeness (QED) is 0.776. The molecule has 1 aliphatic rings. The van der Waals surface area contributed by atoms with Crippen molar-refractivity contribution in [3.05, 3.63) is 71.3 Å². The molecule has 3 rings (SSSR count). The first-order valence-corrected chi connectivity index (χ1v) is 10.6. The lowest BCUT2D eigenvalue weighted by molar-refractivity contribution is -0.138. The molecule has 0 bridgehead atoms. The lowest BCUT2D eigenvalue weighted by atomic mass is 10.0. The van der Waals surface area contributed by atoms with Crippen molar-refractivity contribution >= 4 is 27.3 Å². The Hall–Kier alpha value is -2.84. The van der Waals surface area contributed by atoms with Gasteiger partial charge in [0.05, 0.1) is 23.7 Å². The van der Waals surface area contributed by atoms with Gasteiger partial charge in [0, 0.05) is 7.11 Å². The molecule has 0 saturated heterocycles. The van der Waals surface area contributed by atoms with E-state index in [9.17, 15) is 13.2 Å². The van der Waals surface area contributed by atoms with Crippen LogP contribution in [0.25, 0.3) is 5.70 Å². The minimum Gasteiger partial charge on any atom is -0.375 e. The molecule has 0 spiro atoms. The minimum atomic E-state index is -3.36. The molecule has 1 amide bonds. The van der Waals surface area contributed by atoms with Gasteiger partial charge in [-0.1, -0.05) is 42.5 Å². The summed E-state index contributed by atoms with van der Waals surface area (Å²) < 4.78 is 30.5. The van der Waals surface area contributed by atoms with Crippen LogP contribution in [0, 0.1) is 6.92 Å². The number of amides is 1. The van der Waals surface area contributed by atoms with E-state index < -0.39 is 10.0 Å². The number of sulfonamides is 1. The number of benzene rings is 2. The second-order valence-corrected chi connectivity index (χ2v) is 8.40. The largest absolute Gasteiger partial charge is 0.375 e. The van der Waals surface area contributed by atoms with E-state index in [-0.39, 0.29) is 18.6 Å². The first-order chi connectivity index (χ1) is 13.3. The topological polar surface area (TPSA) is 87.7 Å². The maximum Gasteiger partial charge on any atom is 0.267 e. The monoisotopic (exact) mass is 401 g/mol. The van der Waals surface area contributed by atoms with Gasteiger partial charge in [0.1, 0.15) is 6.61 Å². The van der Waals surface area contributed by atoms with Crippen LogP contribution in [0.4, 0.5) is 5.69 Å². The number of rotatable bonds is 6. The maximum atomic E-state index is 12.6. The minimum absolute atomic E-state index is 0.0495. The lowest BCUT2D eigenvalue weighted by Gasteiger charge is -2.25. The summed E-state index contributed by atoms with van der Waals surface area (Å²) in [5.74, 6) is -0.203. The van der Waals surface area contributed by atoms with Gasteiger partial charge in [-0.25, -0.2) is 13.4 Å². The number of hydrogen-bond donors (Lipinski definition) is 2. The smallest absolute Gasteiger partial charge is 0.267 e. The summed E-state index contributed by atoms with van der Waals surface area (Å²) in [5.41, 5.74) is 7.10. The highest BCUT2D eigenvalue weighted by atomic mass is 32.2. The van der Waals surface area contributed by atoms with Crippen molar-refractivity contribution < 1.29 is 17.9 Å². The van der Waals surface area contributed by atoms with E-state index >= 15 is 0 Å². The Morgan fingerprint density at radius 2 is 1.93 bits per heavy atom. The van der Waals surface area contributed by atoms with Crippen molar-refractivity contribution in [2.75, 3.05) is 24.7 Å². The van der Waals surface area contributed by atoms with E-state index in [0.717, 1.165) is 28.6 Å². The van der Waals surface area contributed by atoms with Gasteiger partial charge in [-0.3, -0.25) is 14.9 Å². The Kier molecular flexibility index (Phi) is 5.71. The van der Waals surface area contributed by atoms with Crippen LogP contribution in [0.5, 0.6) is 0 Å². The summed E-state index contributed by atoms with van der Waals surface area (Å²) in [4.78, 5) is 12.6. The molecule has 0 aliphatic carbocycles. The van der Waals surface area contributed by atoms with Gasteiger partial charge in [-0.15, -0.1) is 0 Å². The molecule has 2 N–H and O–H groups in total. The van der Waals surface area contributed by atoms with Crippen LogP contribution >= 0.6 is 0 Å². The fraction of sp³-hybridized carbons (Fsp3) is 0.250. The molecule has 2 aromatic carbocycles. The standard InChI is InChI=1S/C20H23N3O4S/c1-14-11-16(9-10-17(14)22-28(3,25)26)19-12-18(15-7-5-4-6-8-15)21-23(19)20(24)13-27-2/h4-12,19,21-22H,13H2,1-3H3/t19-/m1/s1. The number of nitrogens with one attached hydrogen (secondary N) is 2. The molecule has 0 saturated carbocycles. The predicted octanol–water partition coefficient (Wildman–Crippen LogP) is 2.44. The van der Waals surface area contributed by atoms with Crippen molar-refractivity contribution in [1.82, 2.24) is 10.4 Å². The summed E-state index contributed by atoms with van der Waals surface area (Å²) in [5, 5.41) is 1.53. The van der Waals surface area contributed by atoms with Gasteiger partial charge in [0.2, 0.25) is 10.0 Å². The Balaban J connectivity index is 1.96. The molecule has 28 heavy (non-hydrogen) atoms. The SMILES string of the molecule is COCC(=O)N1NC(c2ccccc2)=C[C@@H]1c1ccc(NS(C)(=O)=O)c(C)c1. The fourth-order valence-corrected chi connectivity index (χ4v) is 3.72. The van der Waals surface area contributed by atoms with Crippen LogP contribution in [-0.2, 0) is 19.6 Å². The Bertz CT molecular complexity index is 1000. The molecule has 1 atom stereocenters. The molecule has 0 unspecified atom stereocenters. The molecule has 1 heterocycles. The van der Waals surface area contributed by atoms with Crippen molar-refractivity contribution in [3.8, 4) is 0 Å². The number of methoxy groups -OCH3 is 1. The van der Waals surface area contributed by atoms with E-state index in [4.69, 9.17) is 4.74 Å². The van der Waals surface area contributed by atoms with E-state index in [2.05, 4.69) is 10.1 Å². The highest BCUT2D eigenvalue weighted by Crippen LogP contribution is 2.33. The predicted molar refractivity (Wildman–Crippen MR) is 109 cm³/mol. The molecule has 8 heteroatoms. The second-order valence-electron chi connectivity index (χ2n) is 6.65. The number of nitrogens with zero attached hydrogens (tertiary/aromatic N) is 1. The van der Waals surface area contributed by atoms with Crippen molar-refractivity contribution in [3.63, 3.8) is 0 Å². The van der Waals surface area contributed by atoms with E-state index in [1.54, 1.807) is 6.07 Å². The number of hydrogen-bond acceptors (Lipinski definition) is 5. The zero-order valence-electron chi connectivity index (χ0n) is 16.0. The average molecular weight is 401 g/mol. The third-order valence-electron chi connectivity index (χ3n) is 4.35. The molecular weight excluding hydrogens is 378 g/mol. The van der Waals surface area contributed by atoms with Crippen molar-refractivity contribution in [2.24, 2.45) is 0 Å². The summed E-state index contributed by atoms with van der Waals surface area (Å²) in [7, 11) is -1.89. The summed E-state index contributed by atoms with van der Waals surface area (Å²) in [6.45, 7) is 1.77. The zero-order chi connectivity index (χ0) is 20.3. The highest BCUT2D eigenvalue weighted by Gasteiger charge is 2.30. The van der Waals surface area contributed by atoms with Crippen LogP contribution in [0.2, 0.25) is 0 Å². The number of carbonyl (C=O) groups excluding carboxylic acids is 1. The lowest BCUT2D eigenvalue weighted by Crippen LogP contribution is -2.41. The van der Waals surface area contributed by atoms with Gasteiger partial charge >= 0.3 is 0 Å². The van der Waals surface area contributed by atoms with Gasteiger partial charge < -0.3 is 4.74 Å². The molecule has 0 radical (unpaired) electrons. The molecule has 2 aromatic rings. The van der Waals surface area contributed by atoms with Crippen LogP contribution in [0.3, 0.4) is 0 Å².